The first kappa shape index (κ1) is 13.5. The average molecular weight is 263 g/mol. The molecule has 1 aliphatic rings. The topological polar surface area (TPSA) is 89.5 Å². The van der Waals surface area contributed by atoms with Gasteiger partial charge in [0.15, 0.2) is 0 Å². The standard InChI is InChI=1S/C13H17N3O3/c1-8-4-3-5-10(12(8)16(18)19)13(17)15-7-6-11(14)9(15)2/h3-5,9,11H,6-7,14H2,1-2H3. The minimum Gasteiger partial charge on any atom is -0.334 e. The van der Waals surface area contributed by atoms with Crippen LogP contribution in [0.1, 0.15) is 29.3 Å². The molecule has 2 rings (SSSR count). The van der Waals surface area contributed by atoms with Gasteiger partial charge in [-0.3, -0.25) is 14.9 Å². The number of nitro groups is 1. The molecule has 1 amide bonds. The van der Waals surface area contributed by atoms with E-state index in [1.54, 1.807) is 24.0 Å². The highest BCUT2D eigenvalue weighted by Crippen LogP contribution is 2.27. The molecule has 1 saturated heterocycles. The molecule has 0 aliphatic carbocycles. The van der Waals surface area contributed by atoms with Crippen molar-refractivity contribution in [1.82, 2.24) is 4.90 Å². The lowest BCUT2D eigenvalue weighted by molar-refractivity contribution is -0.385. The number of hydrogen-bond donors (Lipinski definition) is 1. The molecule has 2 atom stereocenters. The summed E-state index contributed by atoms with van der Waals surface area (Å²) < 4.78 is 0. The summed E-state index contributed by atoms with van der Waals surface area (Å²) in [5.41, 5.74) is 6.41. The lowest BCUT2D eigenvalue weighted by Crippen LogP contribution is -2.40. The molecular formula is C13H17N3O3. The fourth-order valence-corrected chi connectivity index (χ4v) is 2.48. The van der Waals surface area contributed by atoms with Crippen molar-refractivity contribution in [2.45, 2.75) is 32.4 Å². The Kier molecular flexibility index (Phi) is 3.53. The van der Waals surface area contributed by atoms with Crippen LogP contribution in [0.25, 0.3) is 0 Å². The number of para-hydroxylation sites is 1. The Morgan fingerprint density at radius 3 is 2.74 bits per heavy atom. The summed E-state index contributed by atoms with van der Waals surface area (Å²) in [7, 11) is 0. The molecule has 1 aliphatic heterocycles. The van der Waals surface area contributed by atoms with Crippen molar-refractivity contribution in [3.63, 3.8) is 0 Å². The molecule has 0 bridgehead atoms. The number of likely N-dealkylation sites (tertiary alicyclic amines) is 1. The highest BCUT2D eigenvalue weighted by molar-refractivity contribution is 5.99. The fraction of sp³-hybridized carbons (Fsp3) is 0.462. The van der Waals surface area contributed by atoms with Crippen LogP contribution in [0.3, 0.4) is 0 Å². The molecule has 19 heavy (non-hydrogen) atoms. The van der Waals surface area contributed by atoms with E-state index in [0.29, 0.717) is 12.1 Å². The average Bonchev–Trinajstić information content (AvgIpc) is 2.68. The van der Waals surface area contributed by atoms with Crippen molar-refractivity contribution in [3.05, 3.63) is 39.4 Å². The summed E-state index contributed by atoms with van der Waals surface area (Å²) in [5.74, 6) is -0.309. The number of hydrogen-bond acceptors (Lipinski definition) is 4. The third kappa shape index (κ3) is 2.31. The van der Waals surface area contributed by atoms with Gasteiger partial charge in [-0.15, -0.1) is 0 Å². The predicted octanol–water partition coefficient (Wildman–Crippen LogP) is 1.46. The minimum absolute atomic E-state index is 0.0622. The zero-order valence-corrected chi connectivity index (χ0v) is 11.0. The van der Waals surface area contributed by atoms with Gasteiger partial charge in [-0.2, -0.15) is 0 Å². The molecule has 1 aromatic carbocycles. The summed E-state index contributed by atoms with van der Waals surface area (Å²) in [6, 6.07) is 4.65. The Labute approximate surface area is 111 Å². The Bertz CT molecular complexity index is 530. The summed E-state index contributed by atoms with van der Waals surface area (Å²) >= 11 is 0. The lowest BCUT2D eigenvalue weighted by Gasteiger charge is -2.23. The van der Waals surface area contributed by atoms with Crippen LogP contribution in [-0.2, 0) is 0 Å². The van der Waals surface area contributed by atoms with E-state index in [4.69, 9.17) is 5.73 Å². The lowest BCUT2D eigenvalue weighted by atomic mass is 10.1. The van der Waals surface area contributed by atoms with Crippen molar-refractivity contribution in [2.24, 2.45) is 5.73 Å². The highest BCUT2D eigenvalue weighted by Gasteiger charge is 2.35. The molecule has 2 unspecified atom stereocenters. The van der Waals surface area contributed by atoms with E-state index in [9.17, 15) is 14.9 Å². The number of nitrogens with zero attached hydrogens (tertiary/aromatic N) is 2. The van der Waals surface area contributed by atoms with E-state index in [0.717, 1.165) is 6.42 Å². The molecule has 0 spiro atoms. The number of rotatable bonds is 2. The zero-order valence-electron chi connectivity index (χ0n) is 11.0. The number of carbonyl (C=O) groups excluding carboxylic acids is 1. The van der Waals surface area contributed by atoms with E-state index in [-0.39, 0.29) is 29.2 Å². The van der Waals surface area contributed by atoms with E-state index >= 15 is 0 Å². The second kappa shape index (κ2) is 4.97. The van der Waals surface area contributed by atoms with Gasteiger partial charge in [-0.05, 0) is 26.3 Å². The Balaban J connectivity index is 2.40. The predicted molar refractivity (Wildman–Crippen MR) is 70.9 cm³/mol. The van der Waals surface area contributed by atoms with Gasteiger partial charge in [0.25, 0.3) is 11.6 Å². The molecule has 0 saturated carbocycles. The minimum atomic E-state index is -0.497. The van der Waals surface area contributed by atoms with Crippen LogP contribution in [0.2, 0.25) is 0 Å². The molecule has 1 aromatic rings. The largest absolute Gasteiger partial charge is 0.334 e. The first-order chi connectivity index (χ1) is 8.93. The summed E-state index contributed by atoms with van der Waals surface area (Å²) in [4.78, 5) is 24.7. The fourth-order valence-electron chi connectivity index (χ4n) is 2.48. The number of carbonyl (C=O) groups is 1. The van der Waals surface area contributed by atoms with Crippen LogP contribution in [0.5, 0.6) is 0 Å². The normalized spacial score (nSPS) is 22.6. The molecule has 0 radical (unpaired) electrons. The number of nitro benzene ring substituents is 1. The quantitative estimate of drug-likeness (QED) is 0.646. The van der Waals surface area contributed by atoms with Crippen molar-refractivity contribution < 1.29 is 9.72 Å². The SMILES string of the molecule is Cc1cccc(C(=O)N2CCC(N)C2C)c1[N+](=O)[O-]. The second-order valence-corrected chi connectivity index (χ2v) is 4.92. The van der Waals surface area contributed by atoms with Gasteiger partial charge < -0.3 is 10.6 Å². The molecule has 6 heteroatoms. The molecule has 102 valence electrons. The van der Waals surface area contributed by atoms with Crippen molar-refractivity contribution in [2.75, 3.05) is 6.54 Å². The molecule has 0 aromatic heterocycles. The molecule has 6 nitrogen and oxygen atoms in total. The van der Waals surface area contributed by atoms with E-state index in [1.807, 2.05) is 6.92 Å². The van der Waals surface area contributed by atoms with Crippen LogP contribution in [-0.4, -0.2) is 34.4 Å². The Hall–Kier alpha value is -1.95. The van der Waals surface area contributed by atoms with Gasteiger partial charge in [-0.1, -0.05) is 12.1 Å². The van der Waals surface area contributed by atoms with Crippen LogP contribution in [0.15, 0.2) is 18.2 Å². The van der Waals surface area contributed by atoms with Gasteiger partial charge in [0.1, 0.15) is 5.56 Å². The zero-order chi connectivity index (χ0) is 14.2. The maximum absolute atomic E-state index is 12.4. The molecular weight excluding hydrogens is 246 g/mol. The smallest absolute Gasteiger partial charge is 0.285 e. The summed E-state index contributed by atoms with van der Waals surface area (Å²) in [6.07, 6.45) is 0.729. The van der Waals surface area contributed by atoms with Gasteiger partial charge in [0.05, 0.1) is 4.92 Å². The van der Waals surface area contributed by atoms with Gasteiger partial charge in [0, 0.05) is 24.2 Å². The Morgan fingerprint density at radius 1 is 1.53 bits per heavy atom. The van der Waals surface area contributed by atoms with E-state index < -0.39 is 4.92 Å². The second-order valence-electron chi connectivity index (χ2n) is 4.92. The first-order valence-electron chi connectivity index (χ1n) is 6.24. The van der Waals surface area contributed by atoms with Gasteiger partial charge in [-0.25, -0.2) is 0 Å². The first-order valence-corrected chi connectivity index (χ1v) is 6.24. The highest BCUT2D eigenvalue weighted by atomic mass is 16.6. The molecule has 2 N–H and O–H groups in total. The number of benzene rings is 1. The maximum atomic E-state index is 12.4. The molecule has 1 heterocycles. The van der Waals surface area contributed by atoms with Crippen molar-refractivity contribution in [1.29, 1.82) is 0 Å². The van der Waals surface area contributed by atoms with Crippen molar-refractivity contribution in [3.8, 4) is 0 Å². The third-order valence-corrected chi connectivity index (χ3v) is 3.73. The third-order valence-electron chi connectivity index (χ3n) is 3.73. The van der Waals surface area contributed by atoms with Crippen molar-refractivity contribution >= 4 is 11.6 Å². The Morgan fingerprint density at radius 2 is 2.21 bits per heavy atom. The monoisotopic (exact) mass is 263 g/mol. The summed E-state index contributed by atoms with van der Waals surface area (Å²) in [5, 5.41) is 11.1. The van der Waals surface area contributed by atoms with E-state index in [1.165, 1.54) is 6.07 Å². The van der Waals surface area contributed by atoms with Crippen LogP contribution in [0.4, 0.5) is 5.69 Å². The number of nitrogens with two attached hydrogens (primary N) is 1. The number of aryl methyl sites for hydroxylation is 1. The maximum Gasteiger partial charge on any atom is 0.285 e. The summed E-state index contributed by atoms with van der Waals surface area (Å²) in [6.45, 7) is 4.05. The van der Waals surface area contributed by atoms with Gasteiger partial charge in [0.2, 0.25) is 0 Å². The van der Waals surface area contributed by atoms with Crippen LogP contribution in [0, 0.1) is 17.0 Å². The van der Waals surface area contributed by atoms with Gasteiger partial charge >= 0.3 is 0 Å². The van der Waals surface area contributed by atoms with Crippen LogP contribution >= 0.6 is 0 Å². The molecule has 1 fully saturated rings. The number of amides is 1. The van der Waals surface area contributed by atoms with Crippen LogP contribution < -0.4 is 5.73 Å². The van der Waals surface area contributed by atoms with E-state index in [2.05, 4.69) is 0 Å².